The summed E-state index contributed by atoms with van der Waals surface area (Å²) in [4.78, 5) is 0. The number of rotatable bonds is 4. The van der Waals surface area contributed by atoms with Gasteiger partial charge in [0.25, 0.3) is 0 Å². The minimum Gasteiger partial charge on any atom is -0.455 e. The van der Waals surface area contributed by atoms with Gasteiger partial charge < -0.3 is 4.42 Å². The number of fused-ring (bicyclic) bond motifs is 8. The van der Waals surface area contributed by atoms with Crippen LogP contribution >= 0.6 is 0 Å². The van der Waals surface area contributed by atoms with Crippen molar-refractivity contribution >= 4 is 64.8 Å². The highest BCUT2D eigenvalue weighted by molar-refractivity contribution is 6.23. The molecule has 0 saturated carbocycles. The lowest BCUT2D eigenvalue weighted by molar-refractivity contribution is 0.636. The Morgan fingerprint density at radius 2 is 0.811 bits per heavy atom. The molecule has 11 aromatic rings. The third-order valence-electron chi connectivity index (χ3n) is 11.0. The number of furan rings is 1. The van der Waals surface area contributed by atoms with Crippen LogP contribution in [0.2, 0.25) is 0 Å². The van der Waals surface area contributed by atoms with E-state index in [-0.39, 0.29) is 0 Å². The molecule has 1 heteroatoms. The van der Waals surface area contributed by atoms with Crippen LogP contribution in [-0.2, 0) is 0 Å². The van der Waals surface area contributed by atoms with Gasteiger partial charge >= 0.3 is 0 Å². The number of hydrogen-bond acceptors (Lipinski definition) is 1. The standard InChI is InChI=1S/C52H32O/c1-3-13-33(14-4-1)42-26-23-35-16-10-12-22-41(35)48(42)45-28-25-39-31-37-19-7-8-20-38(37)32-47(39)49(45)50-46-30-29-43-40-21-11-9-15-34(40)24-27-44(43)52(46)53-51(50)36-17-5-2-6-18-36/h1-32H. The molecule has 11 rings (SSSR count). The molecule has 0 bridgehead atoms. The second kappa shape index (κ2) is 11.8. The molecule has 0 aliphatic rings. The van der Waals surface area contributed by atoms with E-state index >= 15 is 0 Å². The van der Waals surface area contributed by atoms with Crippen molar-refractivity contribution < 1.29 is 4.42 Å². The maximum atomic E-state index is 7.23. The van der Waals surface area contributed by atoms with E-state index in [1.807, 2.05) is 0 Å². The smallest absolute Gasteiger partial charge is 0.143 e. The van der Waals surface area contributed by atoms with Gasteiger partial charge in [0.1, 0.15) is 11.3 Å². The molecule has 0 unspecified atom stereocenters. The topological polar surface area (TPSA) is 13.1 Å². The number of hydrogen-bond donors (Lipinski definition) is 0. The lowest BCUT2D eigenvalue weighted by atomic mass is 9.82. The fraction of sp³-hybridized carbons (Fsp3) is 0. The first-order chi connectivity index (χ1) is 26.3. The second-order valence-electron chi connectivity index (χ2n) is 14.0. The maximum absolute atomic E-state index is 7.23. The van der Waals surface area contributed by atoms with Gasteiger partial charge in [-0.25, -0.2) is 0 Å². The molecule has 1 nitrogen and oxygen atoms in total. The van der Waals surface area contributed by atoms with Gasteiger partial charge in [-0.3, -0.25) is 0 Å². The molecule has 246 valence electrons. The van der Waals surface area contributed by atoms with Crippen LogP contribution in [0.4, 0.5) is 0 Å². The Kier molecular flexibility index (Phi) is 6.62. The van der Waals surface area contributed by atoms with Gasteiger partial charge in [0.2, 0.25) is 0 Å². The van der Waals surface area contributed by atoms with Gasteiger partial charge in [-0.1, -0.05) is 170 Å². The van der Waals surface area contributed by atoms with Gasteiger partial charge in [-0.15, -0.1) is 0 Å². The maximum Gasteiger partial charge on any atom is 0.143 e. The van der Waals surface area contributed by atoms with E-state index in [2.05, 4.69) is 194 Å². The van der Waals surface area contributed by atoms with Crippen LogP contribution in [0.25, 0.3) is 110 Å². The lowest BCUT2D eigenvalue weighted by Crippen LogP contribution is -1.94. The van der Waals surface area contributed by atoms with Crippen LogP contribution < -0.4 is 0 Å². The van der Waals surface area contributed by atoms with E-state index in [1.165, 1.54) is 76.3 Å². The van der Waals surface area contributed by atoms with Crippen molar-refractivity contribution in [2.24, 2.45) is 0 Å². The highest BCUT2D eigenvalue weighted by Crippen LogP contribution is 2.52. The molecule has 0 N–H and O–H groups in total. The zero-order valence-electron chi connectivity index (χ0n) is 28.9. The monoisotopic (exact) mass is 672 g/mol. The Balaban J connectivity index is 1.35. The molecule has 0 spiro atoms. The summed E-state index contributed by atoms with van der Waals surface area (Å²) < 4.78 is 7.23. The van der Waals surface area contributed by atoms with E-state index in [0.717, 1.165) is 33.2 Å². The van der Waals surface area contributed by atoms with E-state index in [4.69, 9.17) is 4.42 Å². The van der Waals surface area contributed by atoms with Crippen LogP contribution in [-0.4, -0.2) is 0 Å². The number of benzene rings is 10. The molecule has 10 aromatic carbocycles. The molecule has 1 heterocycles. The van der Waals surface area contributed by atoms with Crippen LogP contribution in [0.5, 0.6) is 0 Å². The first-order valence-electron chi connectivity index (χ1n) is 18.3. The Bertz CT molecular complexity index is 3210. The zero-order chi connectivity index (χ0) is 34.9. The first kappa shape index (κ1) is 29.7. The molecule has 0 saturated heterocycles. The SMILES string of the molecule is c1ccc(-c2ccc3ccccc3c2-c2ccc3cc4ccccc4cc3c2-c2c(-c3ccccc3)oc3c2ccc2c4ccccc4ccc23)cc1. The van der Waals surface area contributed by atoms with E-state index in [0.29, 0.717) is 0 Å². The molecular formula is C52H32O. The normalized spacial score (nSPS) is 11.8. The van der Waals surface area contributed by atoms with Gasteiger partial charge in [0, 0.05) is 27.5 Å². The quantitative estimate of drug-likeness (QED) is 0.134. The summed E-state index contributed by atoms with van der Waals surface area (Å²) in [6.07, 6.45) is 0. The van der Waals surface area contributed by atoms with E-state index < -0.39 is 0 Å². The van der Waals surface area contributed by atoms with Gasteiger partial charge in [-0.2, -0.15) is 0 Å². The van der Waals surface area contributed by atoms with Gasteiger partial charge in [0.15, 0.2) is 0 Å². The Morgan fingerprint density at radius 3 is 1.58 bits per heavy atom. The molecule has 0 fully saturated rings. The molecule has 0 radical (unpaired) electrons. The van der Waals surface area contributed by atoms with Crippen molar-refractivity contribution in [2.45, 2.75) is 0 Å². The molecule has 1 aromatic heterocycles. The molecule has 0 aliphatic heterocycles. The van der Waals surface area contributed by atoms with Crippen LogP contribution in [0.1, 0.15) is 0 Å². The van der Waals surface area contributed by atoms with E-state index in [9.17, 15) is 0 Å². The minimum atomic E-state index is 0.879. The average Bonchev–Trinajstić information content (AvgIpc) is 3.62. The van der Waals surface area contributed by atoms with Crippen molar-refractivity contribution in [3.05, 3.63) is 194 Å². The van der Waals surface area contributed by atoms with E-state index in [1.54, 1.807) is 0 Å². The van der Waals surface area contributed by atoms with Crippen LogP contribution in [0.3, 0.4) is 0 Å². The Hall–Kier alpha value is -6.96. The van der Waals surface area contributed by atoms with Crippen molar-refractivity contribution in [2.75, 3.05) is 0 Å². The van der Waals surface area contributed by atoms with Crippen molar-refractivity contribution in [1.82, 2.24) is 0 Å². The van der Waals surface area contributed by atoms with Crippen molar-refractivity contribution in [1.29, 1.82) is 0 Å². The van der Waals surface area contributed by atoms with Crippen LogP contribution in [0.15, 0.2) is 199 Å². The van der Waals surface area contributed by atoms with Gasteiger partial charge in [-0.05, 0) is 95.0 Å². The van der Waals surface area contributed by atoms with Gasteiger partial charge in [0.05, 0.1) is 0 Å². The summed E-state index contributed by atoms with van der Waals surface area (Å²) in [6.45, 7) is 0. The minimum absolute atomic E-state index is 0.879. The highest BCUT2D eigenvalue weighted by Gasteiger charge is 2.26. The summed E-state index contributed by atoms with van der Waals surface area (Å²) in [5, 5.41) is 13.1. The van der Waals surface area contributed by atoms with Crippen LogP contribution in [0, 0.1) is 0 Å². The molecule has 0 atom stereocenters. The zero-order valence-corrected chi connectivity index (χ0v) is 28.9. The summed E-state index contributed by atoms with van der Waals surface area (Å²) in [5.74, 6) is 0.879. The van der Waals surface area contributed by atoms with Crippen molar-refractivity contribution in [3.8, 4) is 44.7 Å². The highest BCUT2D eigenvalue weighted by atomic mass is 16.3. The predicted octanol–water partition coefficient (Wildman–Crippen LogP) is 14.9. The molecule has 0 amide bonds. The third kappa shape index (κ3) is 4.64. The largest absolute Gasteiger partial charge is 0.455 e. The summed E-state index contributed by atoms with van der Waals surface area (Å²) in [6, 6.07) is 70.5. The molecular weight excluding hydrogens is 641 g/mol. The Labute approximate surface area is 307 Å². The summed E-state index contributed by atoms with van der Waals surface area (Å²) in [7, 11) is 0. The third-order valence-corrected chi connectivity index (χ3v) is 11.0. The fourth-order valence-electron chi connectivity index (χ4n) is 8.60. The fourth-order valence-corrected chi connectivity index (χ4v) is 8.60. The molecule has 53 heavy (non-hydrogen) atoms. The Morgan fingerprint density at radius 1 is 0.264 bits per heavy atom. The first-order valence-corrected chi connectivity index (χ1v) is 18.3. The summed E-state index contributed by atoms with van der Waals surface area (Å²) in [5.41, 5.74) is 9.06. The lowest BCUT2D eigenvalue weighted by Gasteiger charge is -2.20. The average molecular weight is 673 g/mol. The molecule has 0 aliphatic carbocycles. The second-order valence-corrected chi connectivity index (χ2v) is 14.0. The predicted molar refractivity (Wildman–Crippen MR) is 225 cm³/mol. The van der Waals surface area contributed by atoms with Crippen molar-refractivity contribution in [3.63, 3.8) is 0 Å². The summed E-state index contributed by atoms with van der Waals surface area (Å²) >= 11 is 0.